The minimum atomic E-state index is -0.159. The second-order valence-corrected chi connectivity index (χ2v) is 18.0. The first-order chi connectivity index (χ1) is 6.14. The minimum absolute atomic E-state index is 0.159. The van der Waals surface area contributed by atoms with Crippen molar-refractivity contribution < 1.29 is 0 Å². The minimum Gasteiger partial charge on any atom is -0.0936 e. The Balaban J connectivity index is 1.91. The van der Waals surface area contributed by atoms with Crippen LogP contribution in [0.1, 0.15) is 41.5 Å². The molecule has 0 radical (unpaired) electrons. The average Bonchev–Trinajstić information content (AvgIpc) is 2.61. The van der Waals surface area contributed by atoms with Crippen LogP contribution in [-0.2, 0) is 0 Å². The molecule has 0 nitrogen and oxygen atoms in total. The molecule has 4 aliphatic rings. The first kappa shape index (κ1) is 10.7. The monoisotopic (exact) mass is 266 g/mol. The van der Waals surface area contributed by atoms with Crippen molar-refractivity contribution in [3.05, 3.63) is 0 Å². The van der Waals surface area contributed by atoms with Gasteiger partial charge in [-0.15, -0.1) is 0 Å². The molecule has 0 saturated carbocycles. The summed E-state index contributed by atoms with van der Waals surface area (Å²) in [7, 11) is 0.660. The van der Waals surface area contributed by atoms with Crippen LogP contribution in [0, 0.1) is 10.8 Å². The SMILES string of the molecule is CC(C)(C)C12P(Cl)C3(C(C)(C)C)P1P23. The topological polar surface area (TPSA) is 0 Å². The Bertz CT molecular complexity index is 285. The van der Waals surface area contributed by atoms with Gasteiger partial charge in [-0.2, -0.15) is 0 Å². The molecular weight excluding hydrogens is 248 g/mol. The second-order valence-electron chi connectivity index (χ2n) is 6.68. The first-order valence-corrected chi connectivity index (χ1v) is 10.8. The molecule has 0 spiro atoms. The number of halogens is 1. The summed E-state index contributed by atoms with van der Waals surface area (Å²) >= 11 is 6.75. The molecule has 4 rings (SSSR count). The standard InChI is InChI=1S/C10H18ClP3/c1-7(2,3)9-12(11)10(8(4,5)6)13(9)14(9)10/h1-6H3. The van der Waals surface area contributed by atoms with Gasteiger partial charge in [0.15, 0.2) is 0 Å². The highest BCUT2D eigenvalue weighted by atomic mass is 35.7. The Labute approximate surface area is 95.5 Å². The van der Waals surface area contributed by atoms with Crippen molar-refractivity contribution >= 4 is 33.7 Å². The highest BCUT2D eigenvalue weighted by molar-refractivity contribution is 8.79. The van der Waals surface area contributed by atoms with E-state index in [0.29, 0.717) is 26.1 Å². The molecule has 4 aliphatic heterocycles. The molecule has 0 aromatic carbocycles. The van der Waals surface area contributed by atoms with E-state index in [9.17, 15) is 0 Å². The van der Waals surface area contributed by atoms with E-state index < -0.39 is 0 Å². The molecule has 14 heavy (non-hydrogen) atoms. The fourth-order valence-corrected chi connectivity index (χ4v) is 35.9. The molecule has 0 amide bonds. The summed E-state index contributed by atoms with van der Waals surface area (Å²) in [6.07, 6.45) is 0. The summed E-state index contributed by atoms with van der Waals surface area (Å²) in [5, 5.41) is 0. The Kier molecular flexibility index (Phi) is 1.72. The zero-order valence-corrected chi connectivity index (χ0v) is 13.2. The molecule has 0 aromatic rings. The van der Waals surface area contributed by atoms with Gasteiger partial charge in [-0.3, -0.25) is 0 Å². The van der Waals surface area contributed by atoms with Crippen LogP contribution in [0.4, 0.5) is 0 Å². The fraction of sp³-hybridized carbons (Fsp3) is 1.00. The largest absolute Gasteiger partial charge is 0.0936 e. The lowest BCUT2D eigenvalue weighted by atomic mass is 9.97. The van der Waals surface area contributed by atoms with E-state index >= 15 is 0 Å². The van der Waals surface area contributed by atoms with Crippen molar-refractivity contribution in [2.75, 3.05) is 0 Å². The highest BCUT2D eigenvalue weighted by Crippen LogP contribution is 3.50. The van der Waals surface area contributed by atoms with E-state index in [0.717, 1.165) is 9.28 Å². The summed E-state index contributed by atoms with van der Waals surface area (Å²) in [5.41, 5.74) is 1.01. The molecule has 0 atom stereocenters. The van der Waals surface area contributed by atoms with Crippen molar-refractivity contribution in [3.63, 3.8) is 0 Å². The zero-order valence-electron chi connectivity index (χ0n) is 9.72. The summed E-state index contributed by atoms with van der Waals surface area (Å²) in [5.74, 6) is 0. The van der Waals surface area contributed by atoms with Gasteiger partial charge in [0, 0.05) is 7.27 Å². The number of rotatable bonds is 0. The smallest absolute Gasteiger partial charge is 0.0605 e. The van der Waals surface area contributed by atoms with Gasteiger partial charge in [-0.05, 0) is 26.1 Å². The van der Waals surface area contributed by atoms with Crippen LogP contribution < -0.4 is 0 Å². The van der Waals surface area contributed by atoms with E-state index in [1.165, 1.54) is 0 Å². The van der Waals surface area contributed by atoms with E-state index in [4.69, 9.17) is 11.2 Å². The fourth-order valence-electron chi connectivity index (χ4n) is 3.13. The van der Waals surface area contributed by atoms with E-state index in [1.807, 2.05) is 0 Å². The number of hydrogen-bond donors (Lipinski definition) is 0. The maximum Gasteiger partial charge on any atom is 0.0605 e. The van der Waals surface area contributed by atoms with Crippen LogP contribution in [0.2, 0.25) is 0 Å². The number of hydrogen-bond acceptors (Lipinski definition) is 0. The molecule has 0 aromatic heterocycles. The van der Waals surface area contributed by atoms with Crippen LogP contribution in [-0.4, -0.2) is 9.28 Å². The Hall–Kier alpha value is 1.58. The molecule has 4 fully saturated rings. The predicted octanol–water partition coefficient (Wildman–Crippen LogP) is 5.94. The van der Waals surface area contributed by atoms with Crippen molar-refractivity contribution in [1.29, 1.82) is 0 Å². The van der Waals surface area contributed by atoms with Gasteiger partial charge in [0.1, 0.15) is 0 Å². The van der Waals surface area contributed by atoms with Gasteiger partial charge in [-0.1, -0.05) is 52.8 Å². The van der Waals surface area contributed by atoms with Gasteiger partial charge >= 0.3 is 0 Å². The summed E-state index contributed by atoms with van der Waals surface area (Å²) in [6.45, 7) is 14.5. The Morgan fingerprint density at radius 2 is 1.07 bits per heavy atom. The van der Waals surface area contributed by atoms with Crippen LogP contribution in [0.25, 0.3) is 0 Å². The third-order valence-corrected chi connectivity index (χ3v) is 26.6. The van der Waals surface area contributed by atoms with Gasteiger partial charge in [-0.25, -0.2) is 0 Å². The lowest BCUT2D eigenvalue weighted by molar-refractivity contribution is 0.371. The summed E-state index contributed by atoms with van der Waals surface area (Å²) in [6, 6.07) is 0. The molecule has 0 N–H and O–H groups in total. The molecule has 0 aliphatic carbocycles. The molecule has 2 bridgehead atoms. The highest BCUT2D eigenvalue weighted by Gasteiger charge is 3.11. The van der Waals surface area contributed by atoms with Crippen LogP contribution in [0.3, 0.4) is 0 Å². The van der Waals surface area contributed by atoms with Crippen LogP contribution in [0.5, 0.6) is 0 Å². The lowest BCUT2D eigenvalue weighted by Crippen LogP contribution is -2.50. The van der Waals surface area contributed by atoms with Crippen molar-refractivity contribution in [2.45, 2.75) is 50.8 Å². The van der Waals surface area contributed by atoms with Crippen molar-refractivity contribution in [2.24, 2.45) is 10.8 Å². The Morgan fingerprint density at radius 3 is 1.21 bits per heavy atom. The van der Waals surface area contributed by atoms with Gasteiger partial charge in [0.05, 0.1) is 9.28 Å². The summed E-state index contributed by atoms with van der Waals surface area (Å²) in [4.78, 5) is 0. The van der Waals surface area contributed by atoms with E-state index in [1.54, 1.807) is 0 Å². The second kappa shape index (κ2) is 2.25. The third kappa shape index (κ3) is 0.696. The van der Waals surface area contributed by atoms with E-state index in [-0.39, 0.29) is 7.27 Å². The maximum atomic E-state index is 6.75. The van der Waals surface area contributed by atoms with Crippen LogP contribution >= 0.6 is 33.7 Å². The van der Waals surface area contributed by atoms with Gasteiger partial charge in [0.2, 0.25) is 0 Å². The molecule has 4 saturated heterocycles. The normalized spacial score (nSPS) is 58.9. The van der Waals surface area contributed by atoms with Crippen molar-refractivity contribution in [1.82, 2.24) is 0 Å². The van der Waals surface area contributed by atoms with Crippen LogP contribution in [0.15, 0.2) is 0 Å². The Morgan fingerprint density at radius 1 is 0.786 bits per heavy atom. The maximum absolute atomic E-state index is 6.75. The van der Waals surface area contributed by atoms with Gasteiger partial charge in [0.25, 0.3) is 0 Å². The van der Waals surface area contributed by atoms with Crippen molar-refractivity contribution in [3.8, 4) is 0 Å². The van der Waals surface area contributed by atoms with E-state index in [2.05, 4.69) is 41.5 Å². The molecule has 4 heterocycles. The predicted molar refractivity (Wildman–Crippen MR) is 71.0 cm³/mol. The first-order valence-electron chi connectivity index (χ1n) is 5.21. The zero-order chi connectivity index (χ0) is 10.7. The lowest BCUT2D eigenvalue weighted by Gasteiger charge is -2.63. The molecule has 80 valence electrons. The molecular formula is C10H18ClP3. The average molecular weight is 267 g/mol. The molecule has 4 heteroatoms. The quantitative estimate of drug-likeness (QED) is 0.476. The third-order valence-electron chi connectivity index (χ3n) is 3.86. The van der Waals surface area contributed by atoms with Gasteiger partial charge < -0.3 is 0 Å². The molecule has 0 unspecified atom stereocenters. The summed E-state index contributed by atoms with van der Waals surface area (Å²) < 4.78 is 1.45.